The Morgan fingerprint density at radius 1 is 1.10 bits per heavy atom. The van der Waals surface area contributed by atoms with E-state index in [0.29, 0.717) is 5.92 Å². The van der Waals surface area contributed by atoms with Gasteiger partial charge in [-0.15, -0.1) is 0 Å². The summed E-state index contributed by atoms with van der Waals surface area (Å²) < 4.78 is 0. The van der Waals surface area contributed by atoms with Crippen molar-refractivity contribution in [2.75, 3.05) is 31.5 Å². The number of nitrogens with one attached hydrogen (secondary N) is 1. The third-order valence-corrected chi connectivity index (χ3v) is 4.25. The highest BCUT2D eigenvalue weighted by Gasteiger charge is 2.13. The fourth-order valence-electron chi connectivity index (χ4n) is 3.09. The van der Waals surface area contributed by atoms with Gasteiger partial charge in [0.15, 0.2) is 0 Å². The minimum Gasteiger partial charge on any atom is -0.370 e. The lowest BCUT2D eigenvalue weighted by atomic mass is 10.1. The number of pyridine rings is 1. The third-order valence-electron chi connectivity index (χ3n) is 4.25. The quantitative estimate of drug-likeness (QED) is 0.905. The first-order valence-corrected chi connectivity index (χ1v) is 8.13. The second-order valence-electron chi connectivity index (χ2n) is 6.24. The average molecular weight is 283 g/mol. The summed E-state index contributed by atoms with van der Waals surface area (Å²) in [4.78, 5) is 7.27. The van der Waals surface area contributed by atoms with Crippen LogP contribution < -0.4 is 5.32 Å². The Morgan fingerprint density at radius 3 is 2.76 bits per heavy atom. The molecule has 21 heavy (non-hydrogen) atoms. The predicted molar refractivity (Wildman–Crippen MR) is 89.7 cm³/mol. The number of aromatic nitrogens is 1. The lowest BCUT2D eigenvalue weighted by molar-refractivity contribution is 0.204. The molecule has 0 bridgehead atoms. The smallest absolute Gasteiger partial charge is 0.126 e. The standard InChI is InChI=1S/C18H25N3/c1-15(14-21-11-5-2-6-12-21)13-19-18-10-9-16-7-3-4-8-17(16)20-18/h3-4,7-10,15H,2,5-6,11-14H2,1H3,(H,19,20). The van der Waals surface area contributed by atoms with Crippen LogP contribution in [0.5, 0.6) is 0 Å². The normalized spacial score (nSPS) is 17.8. The molecule has 0 radical (unpaired) electrons. The maximum atomic E-state index is 4.67. The van der Waals surface area contributed by atoms with Crippen molar-refractivity contribution < 1.29 is 0 Å². The van der Waals surface area contributed by atoms with Gasteiger partial charge < -0.3 is 10.2 Å². The van der Waals surface area contributed by atoms with Crippen LogP contribution in [0.15, 0.2) is 36.4 Å². The molecule has 1 saturated heterocycles. The van der Waals surface area contributed by atoms with Gasteiger partial charge in [-0.2, -0.15) is 0 Å². The second kappa shape index (κ2) is 6.90. The maximum absolute atomic E-state index is 4.67. The van der Waals surface area contributed by atoms with E-state index in [1.807, 2.05) is 6.07 Å². The van der Waals surface area contributed by atoms with Crippen LogP contribution in [-0.2, 0) is 0 Å². The topological polar surface area (TPSA) is 28.2 Å². The number of likely N-dealkylation sites (tertiary alicyclic amines) is 1. The minimum absolute atomic E-state index is 0.649. The Morgan fingerprint density at radius 2 is 1.90 bits per heavy atom. The lowest BCUT2D eigenvalue weighted by Gasteiger charge is -2.29. The molecule has 2 heterocycles. The van der Waals surface area contributed by atoms with Gasteiger partial charge in [-0.25, -0.2) is 4.98 Å². The zero-order chi connectivity index (χ0) is 14.5. The number of benzene rings is 1. The highest BCUT2D eigenvalue weighted by atomic mass is 15.1. The molecule has 3 nitrogen and oxygen atoms in total. The molecule has 0 saturated carbocycles. The van der Waals surface area contributed by atoms with Crippen LogP contribution in [0.2, 0.25) is 0 Å². The summed E-state index contributed by atoms with van der Waals surface area (Å²) >= 11 is 0. The van der Waals surface area contributed by atoms with E-state index in [1.54, 1.807) is 0 Å². The van der Waals surface area contributed by atoms with Crippen LogP contribution in [0, 0.1) is 5.92 Å². The monoisotopic (exact) mass is 283 g/mol. The summed E-state index contributed by atoms with van der Waals surface area (Å²) in [5.41, 5.74) is 1.06. The van der Waals surface area contributed by atoms with Crippen molar-refractivity contribution in [2.24, 2.45) is 5.92 Å². The van der Waals surface area contributed by atoms with E-state index in [0.717, 1.165) is 17.9 Å². The summed E-state index contributed by atoms with van der Waals surface area (Å²) in [6.07, 6.45) is 4.14. The molecule has 3 rings (SSSR count). The van der Waals surface area contributed by atoms with Crippen molar-refractivity contribution >= 4 is 16.7 Å². The number of rotatable bonds is 5. The van der Waals surface area contributed by atoms with Gasteiger partial charge in [0.2, 0.25) is 0 Å². The molecule has 1 atom stereocenters. The van der Waals surface area contributed by atoms with Crippen molar-refractivity contribution in [1.82, 2.24) is 9.88 Å². The Labute approximate surface area is 127 Å². The van der Waals surface area contributed by atoms with Gasteiger partial charge in [-0.05, 0) is 50.0 Å². The van der Waals surface area contributed by atoms with E-state index in [4.69, 9.17) is 0 Å². The maximum Gasteiger partial charge on any atom is 0.126 e. The van der Waals surface area contributed by atoms with Gasteiger partial charge in [0.05, 0.1) is 5.52 Å². The second-order valence-corrected chi connectivity index (χ2v) is 6.24. The summed E-state index contributed by atoms with van der Waals surface area (Å²) in [5, 5.41) is 4.69. The highest BCUT2D eigenvalue weighted by molar-refractivity contribution is 5.79. The zero-order valence-corrected chi connectivity index (χ0v) is 12.9. The first-order valence-electron chi connectivity index (χ1n) is 8.13. The molecule has 1 aliphatic rings. The van der Waals surface area contributed by atoms with Gasteiger partial charge in [-0.1, -0.05) is 31.5 Å². The van der Waals surface area contributed by atoms with Crippen LogP contribution in [0.4, 0.5) is 5.82 Å². The summed E-state index contributed by atoms with van der Waals surface area (Å²) in [6.45, 7) is 7.06. The molecule has 1 unspecified atom stereocenters. The molecule has 0 amide bonds. The first kappa shape index (κ1) is 14.3. The largest absolute Gasteiger partial charge is 0.370 e. The summed E-state index contributed by atoms with van der Waals surface area (Å²) in [7, 11) is 0. The molecular weight excluding hydrogens is 258 g/mol. The van der Waals surface area contributed by atoms with Crippen molar-refractivity contribution in [3.05, 3.63) is 36.4 Å². The van der Waals surface area contributed by atoms with E-state index in [9.17, 15) is 0 Å². The molecule has 1 N–H and O–H groups in total. The third kappa shape index (κ3) is 3.94. The van der Waals surface area contributed by atoms with Crippen LogP contribution in [0.3, 0.4) is 0 Å². The number of piperidine rings is 1. The van der Waals surface area contributed by atoms with Gasteiger partial charge >= 0.3 is 0 Å². The van der Waals surface area contributed by atoms with E-state index >= 15 is 0 Å². The van der Waals surface area contributed by atoms with Crippen LogP contribution >= 0.6 is 0 Å². The number of fused-ring (bicyclic) bond motifs is 1. The number of hydrogen-bond acceptors (Lipinski definition) is 3. The Hall–Kier alpha value is -1.61. The number of anilines is 1. The molecule has 1 fully saturated rings. The van der Waals surface area contributed by atoms with Crippen molar-refractivity contribution in [3.8, 4) is 0 Å². The van der Waals surface area contributed by atoms with Gasteiger partial charge in [0.25, 0.3) is 0 Å². The molecule has 0 spiro atoms. The average Bonchev–Trinajstić information content (AvgIpc) is 2.54. The van der Waals surface area contributed by atoms with Crippen LogP contribution in [0.25, 0.3) is 10.9 Å². The van der Waals surface area contributed by atoms with Crippen molar-refractivity contribution in [1.29, 1.82) is 0 Å². The minimum atomic E-state index is 0.649. The molecule has 1 aliphatic heterocycles. The Kier molecular flexibility index (Phi) is 4.71. The van der Waals surface area contributed by atoms with Crippen molar-refractivity contribution in [2.45, 2.75) is 26.2 Å². The Bertz CT molecular complexity index is 575. The van der Waals surface area contributed by atoms with Gasteiger partial charge in [-0.3, -0.25) is 0 Å². The van der Waals surface area contributed by atoms with Gasteiger partial charge in [0.1, 0.15) is 5.82 Å². The molecule has 1 aromatic heterocycles. The van der Waals surface area contributed by atoms with Crippen LogP contribution in [-0.4, -0.2) is 36.1 Å². The summed E-state index contributed by atoms with van der Waals surface area (Å²) in [5.74, 6) is 1.63. The van der Waals surface area contributed by atoms with E-state index in [-0.39, 0.29) is 0 Å². The van der Waals surface area contributed by atoms with Crippen LogP contribution in [0.1, 0.15) is 26.2 Å². The lowest BCUT2D eigenvalue weighted by Crippen LogP contribution is -2.35. The highest BCUT2D eigenvalue weighted by Crippen LogP contribution is 2.15. The molecule has 2 aromatic rings. The molecule has 112 valence electrons. The number of para-hydroxylation sites is 1. The van der Waals surface area contributed by atoms with Gasteiger partial charge in [0, 0.05) is 18.5 Å². The molecule has 1 aromatic carbocycles. The first-order chi connectivity index (χ1) is 10.3. The molecular formula is C18H25N3. The van der Waals surface area contributed by atoms with E-state index in [2.05, 4.69) is 52.5 Å². The Balaban J connectivity index is 1.53. The van der Waals surface area contributed by atoms with E-state index in [1.165, 1.54) is 44.3 Å². The van der Waals surface area contributed by atoms with E-state index < -0.39 is 0 Å². The predicted octanol–water partition coefficient (Wildman–Crippen LogP) is 3.77. The molecule has 3 heteroatoms. The summed E-state index contributed by atoms with van der Waals surface area (Å²) in [6, 6.07) is 12.5. The SMILES string of the molecule is CC(CNc1ccc2ccccc2n1)CN1CCCCC1. The fraction of sp³-hybridized carbons (Fsp3) is 0.500. The van der Waals surface area contributed by atoms with Crippen molar-refractivity contribution in [3.63, 3.8) is 0 Å². The fourth-order valence-corrected chi connectivity index (χ4v) is 3.09. The zero-order valence-electron chi connectivity index (χ0n) is 12.9. The number of hydrogen-bond donors (Lipinski definition) is 1. The molecule has 0 aliphatic carbocycles. The number of nitrogens with zero attached hydrogens (tertiary/aromatic N) is 2.